The molecule has 1 aromatic carbocycles. The summed E-state index contributed by atoms with van der Waals surface area (Å²) < 4.78 is 5.02. The zero-order valence-electron chi connectivity index (χ0n) is 11.8. The highest BCUT2D eigenvalue weighted by molar-refractivity contribution is 5.63. The number of rotatable bonds is 4. The maximum atomic E-state index is 9.83. The quantitative estimate of drug-likeness (QED) is 0.583. The monoisotopic (exact) mass is 274 g/mol. The number of hydrogen-bond acceptors (Lipinski definition) is 6. The lowest BCUT2D eigenvalue weighted by Crippen LogP contribution is -2.13. The summed E-state index contributed by atoms with van der Waals surface area (Å²) in [6, 6.07) is 5.03. The molecule has 2 rings (SSSR count). The van der Waals surface area contributed by atoms with E-state index in [1.54, 1.807) is 18.2 Å². The fourth-order valence-corrected chi connectivity index (χ4v) is 2.10. The molecule has 6 nitrogen and oxygen atoms in total. The number of nitrogens with two attached hydrogens (primary N) is 1. The Balaban J connectivity index is 2.53. The van der Waals surface area contributed by atoms with Crippen LogP contribution in [0.15, 0.2) is 18.2 Å². The van der Waals surface area contributed by atoms with Gasteiger partial charge in [-0.2, -0.15) is 0 Å². The van der Waals surface area contributed by atoms with Crippen LogP contribution in [0.2, 0.25) is 0 Å². The first-order chi connectivity index (χ1) is 9.60. The lowest BCUT2D eigenvalue weighted by molar-refractivity contribution is 0.373. The smallest absolute Gasteiger partial charge is 0.161 e. The third-order valence-electron chi connectivity index (χ3n) is 3.14. The number of methoxy groups -OCH3 is 1. The number of anilines is 1. The Labute approximate surface area is 117 Å². The number of hydrogen-bond donors (Lipinski definition) is 3. The summed E-state index contributed by atoms with van der Waals surface area (Å²) in [5, 5.41) is 9.83. The largest absolute Gasteiger partial charge is 0.504 e. The zero-order valence-corrected chi connectivity index (χ0v) is 11.8. The van der Waals surface area contributed by atoms with Gasteiger partial charge >= 0.3 is 0 Å². The molecule has 0 aliphatic carbocycles. The van der Waals surface area contributed by atoms with E-state index in [0.29, 0.717) is 23.0 Å². The van der Waals surface area contributed by atoms with Crippen molar-refractivity contribution in [3.8, 4) is 22.9 Å². The molecule has 0 spiro atoms. The molecule has 0 amide bonds. The second-order valence-electron chi connectivity index (χ2n) is 4.34. The molecule has 0 radical (unpaired) electrons. The van der Waals surface area contributed by atoms with Gasteiger partial charge in [0, 0.05) is 16.8 Å². The molecule has 0 aliphatic rings. The molecular formula is C14H18N4O2. The van der Waals surface area contributed by atoms with Crippen LogP contribution in [-0.2, 0) is 6.42 Å². The van der Waals surface area contributed by atoms with Crippen LogP contribution in [0.1, 0.15) is 18.2 Å². The highest BCUT2D eigenvalue weighted by Gasteiger charge is 2.12. The van der Waals surface area contributed by atoms with Crippen molar-refractivity contribution in [2.75, 3.05) is 12.5 Å². The van der Waals surface area contributed by atoms with E-state index in [1.165, 1.54) is 7.11 Å². The van der Waals surface area contributed by atoms with E-state index in [0.717, 1.165) is 17.7 Å². The normalized spacial score (nSPS) is 10.4. The number of phenolic OH excluding ortho intramolecular Hbond substituents is 1. The number of hydrazine groups is 1. The van der Waals surface area contributed by atoms with E-state index in [2.05, 4.69) is 15.4 Å². The maximum absolute atomic E-state index is 9.83. The summed E-state index contributed by atoms with van der Waals surface area (Å²) in [4.78, 5) is 8.85. The molecule has 0 unspecified atom stereocenters. The molecule has 0 saturated carbocycles. The van der Waals surface area contributed by atoms with Crippen molar-refractivity contribution in [3.05, 3.63) is 29.5 Å². The average Bonchev–Trinajstić information content (AvgIpc) is 2.46. The maximum Gasteiger partial charge on any atom is 0.161 e. The number of phenols is 1. The van der Waals surface area contributed by atoms with Crippen LogP contribution in [0.4, 0.5) is 5.82 Å². The summed E-state index contributed by atoms with van der Waals surface area (Å²) in [7, 11) is 1.50. The molecule has 2 aromatic rings. The predicted molar refractivity (Wildman–Crippen MR) is 77.6 cm³/mol. The summed E-state index contributed by atoms with van der Waals surface area (Å²) in [5.41, 5.74) is 5.14. The van der Waals surface area contributed by atoms with E-state index in [4.69, 9.17) is 10.6 Å². The van der Waals surface area contributed by atoms with Gasteiger partial charge in [0.15, 0.2) is 17.3 Å². The molecule has 106 valence electrons. The Hall–Kier alpha value is -2.34. The van der Waals surface area contributed by atoms with Gasteiger partial charge < -0.3 is 15.3 Å². The Morgan fingerprint density at radius 2 is 2.10 bits per heavy atom. The van der Waals surface area contributed by atoms with Crippen molar-refractivity contribution >= 4 is 5.82 Å². The van der Waals surface area contributed by atoms with Gasteiger partial charge in [-0.25, -0.2) is 15.8 Å². The number of aryl methyl sites for hydroxylation is 1. The van der Waals surface area contributed by atoms with Gasteiger partial charge in [-0.15, -0.1) is 0 Å². The summed E-state index contributed by atoms with van der Waals surface area (Å²) in [5.74, 6) is 7.07. The molecule has 1 aromatic heterocycles. The summed E-state index contributed by atoms with van der Waals surface area (Å²) >= 11 is 0. The highest BCUT2D eigenvalue weighted by atomic mass is 16.5. The Kier molecular flexibility index (Phi) is 4.05. The van der Waals surface area contributed by atoms with Gasteiger partial charge in [0.1, 0.15) is 5.82 Å². The van der Waals surface area contributed by atoms with Crippen LogP contribution >= 0.6 is 0 Å². The second-order valence-corrected chi connectivity index (χ2v) is 4.34. The highest BCUT2D eigenvalue weighted by Crippen LogP contribution is 2.31. The average molecular weight is 274 g/mol. The van der Waals surface area contributed by atoms with Crippen molar-refractivity contribution in [2.24, 2.45) is 5.84 Å². The molecule has 4 N–H and O–H groups in total. The standard InChI is InChI=1S/C14H18N4O2/c1-4-10-8(2)16-13(17-14(10)18-15)9-5-6-12(20-3)11(19)7-9/h5-7,19H,4,15H2,1-3H3,(H,16,17,18). The first-order valence-corrected chi connectivity index (χ1v) is 6.32. The minimum atomic E-state index is 0.0491. The first kappa shape index (κ1) is 14.1. The van der Waals surface area contributed by atoms with E-state index < -0.39 is 0 Å². The lowest BCUT2D eigenvalue weighted by atomic mass is 10.1. The van der Waals surface area contributed by atoms with Crippen molar-refractivity contribution in [1.82, 2.24) is 9.97 Å². The first-order valence-electron chi connectivity index (χ1n) is 6.32. The number of nitrogens with one attached hydrogen (secondary N) is 1. The van der Waals surface area contributed by atoms with Crippen LogP contribution in [-0.4, -0.2) is 22.2 Å². The van der Waals surface area contributed by atoms with Gasteiger partial charge in [-0.05, 0) is 31.5 Å². The number of nitrogen functional groups attached to an aromatic ring is 1. The number of aromatic hydroxyl groups is 1. The van der Waals surface area contributed by atoms with Crippen LogP contribution in [0, 0.1) is 6.92 Å². The van der Waals surface area contributed by atoms with Gasteiger partial charge in [0.05, 0.1) is 7.11 Å². The fourth-order valence-electron chi connectivity index (χ4n) is 2.10. The molecule has 6 heteroatoms. The fraction of sp³-hybridized carbons (Fsp3) is 0.286. The summed E-state index contributed by atoms with van der Waals surface area (Å²) in [6.45, 7) is 3.93. The third kappa shape index (κ3) is 2.50. The van der Waals surface area contributed by atoms with Gasteiger partial charge in [-0.3, -0.25) is 0 Å². The van der Waals surface area contributed by atoms with Crippen LogP contribution in [0.5, 0.6) is 11.5 Å². The third-order valence-corrected chi connectivity index (χ3v) is 3.14. The van der Waals surface area contributed by atoms with Crippen molar-refractivity contribution in [1.29, 1.82) is 0 Å². The molecule has 0 saturated heterocycles. The minimum absolute atomic E-state index is 0.0491. The molecule has 0 aliphatic heterocycles. The lowest BCUT2D eigenvalue weighted by Gasteiger charge is -2.12. The molecule has 0 bridgehead atoms. The van der Waals surface area contributed by atoms with Gasteiger partial charge in [-0.1, -0.05) is 6.92 Å². The zero-order chi connectivity index (χ0) is 14.7. The molecular weight excluding hydrogens is 256 g/mol. The van der Waals surface area contributed by atoms with Crippen LogP contribution in [0.3, 0.4) is 0 Å². The number of benzene rings is 1. The van der Waals surface area contributed by atoms with Gasteiger partial charge in [0.2, 0.25) is 0 Å². The molecule has 20 heavy (non-hydrogen) atoms. The molecule has 0 fully saturated rings. The topological polar surface area (TPSA) is 93.3 Å². The predicted octanol–water partition coefficient (Wildman–Crippen LogP) is 2.01. The van der Waals surface area contributed by atoms with E-state index in [-0.39, 0.29) is 5.75 Å². The van der Waals surface area contributed by atoms with Crippen molar-refractivity contribution in [2.45, 2.75) is 20.3 Å². The van der Waals surface area contributed by atoms with Crippen LogP contribution in [0.25, 0.3) is 11.4 Å². The van der Waals surface area contributed by atoms with E-state index >= 15 is 0 Å². The Morgan fingerprint density at radius 3 is 2.65 bits per heavy atom. The molecule has 1 heterocycles. The van der Waals surface area contributed by atoms with E-state index in [1.807, 2.05) is 13.8 Å². The van der Waals surface area contributed by atoms with Crippen LogP contribution < -0.4 is 16.0 Å². The van der Waals surface area contributed by atoms with E-state index in [9.17, 15) is 5.11 Å². The number of nitrogens with zero attached hydrogens (tertiary/aromatic N) is 2. The minimum Gasteiger partial charge on any atom is -0.504 e. The number of aromatic nitrogens is 2. The molecule has 0 atom stereocenters. The summed E-state index contributed by atoms with van der Waals surface area (Å²) in [6.07, 6.45) is 0.791. The number of ether oxygens (including phenoxy) is 1. The van der Waals surface area contributed by atoms with Crippen molar-refractivity contribution < 1.29 is 9.84 Å². The Morgan fingerprint density at radius 1 is 1.35 bits per heavy atom. The van der Waals surface area contributed by atoms with Crippen molar-refractivity contribution in [3.63, 3.8) is 0 Å². The second kappa shape index (κ2) is 5.75. The SMILES string of the molecule is CCc1c(C)nc(-c2ccc(OC)c(O)c2)nc1NN. The van der Waals surface area contributed by atoms with Gasteiger partial charge in [0.25, 0.3) is 0 Å². The Bertz CT molecular complexity index is 629.